The Balaban J connectivity index is 1.52. The Kier molecular flexibility index (Phi) is 7.61. The van der Waals surface area contributed by atoms with Crippen molar-refractivity contribution in [3.63, 3.8) is 0 Å². The highest BCUT2D eigenvalue weighted by Gasteiger charge is 2.18. The van der Waals surface area contributed by atoms with E-state index < -0.39 is 12.1 Å². The van der Waals surface area contributed by atoms with Gasteiger partial charge in [-0.2, -0.15) is 0 Å². The minimum absolute atomic E-state index is 0.0280. The molecule has 0 aliphatic carbocycles. The molecule has 0 aliphatic heterocycles. The van der Waals surface area contributed by atoms with Crippen LogP contribution >= 0.6 is 0 Å². The predicted molar refractivity (Wildman–Crippen MR) is 117 cm³/mol. The van der Waals surface area contributed by atoms with Crippen LogP contribution in [-0.4, -0.2) is 23.8 Å². The third-order valence-electron chi connectivity index (χ3n) is 4.64. The van der Waals surface area contributed by atoms with Crippen LogP contribution in [0.1, 0.15) is 24.0 Å². The molecule has 5 heteroatoms. The van der Waals surface area contributed by atoms with Crippen molar-refractivity contribution in [1.82, 2.24) is 0 Å². The van der Waals surface area contributed by atoms with Crippen LogP contribution in [0, 0.1) is 0 Å². The summed E-state index contributed by atoms with van der Waals surface area (Å²) in [6, 6.07) is 26.5. The van der Waals surface area contributed by atoms with E-state index in [2.05, 4.69) is 0 Å². The Bertz CT molecular complexity index is 918. The second-order valence-electron chi connectivity index (χ2n) is 6.97. The lowest BCUT2D eigenvalue weighted by Gasteiger charge is -2.22. The zero-order chi connectivity index (χ0) is 21.2. The Labute approximate surface area is 176 Å². The molecule has 0 heterocycles. The first-order valence-corrected chi connectivity index (χ1v) is 10.00. The average Bonchev–Trinajstić information content (AvgIpc) is 2.75. The van der Waals surface area contributed by atoms with Crippen molar-refractivity contribution in [3.8, 4) is 0 Å². The molecule has 0 aliphatic rings. The summed E-state index contributed by atoms with van der Waals surface area (Å²) in [6.45, 7) is 0.323. The van der Waals surface area contributed by atoms with E-state index >= 15 is 0 Å². The number of hydrogen-bond acceptors (Lipinski definition) is 3. The summed E-state index contributed by atoms with van der Waals surface area (Å²) in [5, 5.41) is 8.91. The number of carboxylic acid groups (broad SMARTS) is 1. The predicted octanol–water partition coefficient (Wildman–Crippen LogP) is 5.61. The third kappa shape index (κ3) is 6.21. The van der Waals surface area contributed by atoms with Gasteiger partial charge in [0.15, 0.2) is 0 Å². The molecule has 0 saturated carbocycles. The number of benzene rings is 3. The molecule has 0 fully saturated rings. The number of para-hydroxylation sites is 2. The van der Waals surface area contributed by atoms with Crippen LogP contribution in [0.3, 0.4) is 0 Å². The SMILES string of the molecule is O=C(O)Cc1cccc(CCCCOC(=O)N(c2ccccc2)c2ccccc2)c1. The van der Waals surface area contributed by atoms with Crippen molar-refractivity contribution in [3.05, 3.63) is 96.1 Å². The van der Waals surface area contributed by atoms with Crippen molar-refractivity contribution in [2.24, 2.45) is 0 Å². The highest BCUT2D eigenvalue weighted by Crippen LogP contribution is 2.25. The van der Waals surface area contributed by atoms with Gasteiger partial charge in [0.2, 0.25) is 0 Å². The summed E-state index contributed by atoms with van der Waals surface area (Å²) < 4.78 is 5.54. The van der Waals surface area contributed by atoms with Gasteiger partial charge < -0.3 is 9.84 Å². The molecular weight excluding hydrogens is 378 g/mol. The maximum absolute atomic E-state index is 12.8. The number of carbonyl (C=O) groups excluding carboxylic acids is 1. The number of aryl methyl sites for hydroxylation is 1. The first kappa shape index (κ1) is 21.1. The van der Waals surface area contributed by atoms with Gasteiger partial charge in [0.05, 0.1) is 24.4 Å². The normalized spacial score (nSPS) is 10.4. The third-order valence-corrected chi connectivity index (χ3v) is 4.64. The molecular formula is C25H25NO4. The van der Waals surface area contributed by atoms with Crippen molar-refractivity contribution in [1.29, 1.82) is 0 Å². The fourth-order valence-electron chi connectivity index (χ4n) is 3.24. The van der Waals surface area contributed by atoms with Crippen molar-refractivity contribution < 1.29 is 19.4 Å². The Hall–Kier alpha value is -3.60. The van der Waals surface area contributed by atoms with Gasteiger partial charge in [-0.05, 0) is 54.7 Å². The molecule has 0 saturated heterocycles. The molecule has 0 atom stereocenters. The lowest BCUT2D eigenvalue weighted by molar-refractivity contribution is -0.136. The largest absolute Gasteiger partial charge is 0.481 e. The van der Waals surface area contributed by atoms with Gasteiger partial charge in [-0.25, -0.2) is 9.69 Å². The number of amides is 1. The van der Waals surface area contributed by atoms with Gasteiger partial charge >= 0.3 is 12.1 Å². The first-order valence-electron chi connectivity index (χ1n) is 10.00. The molecule has 154 valence electrons. The smallest absolute Gasteiger partial charge is 0.418 e. The van der Waals surface area contributed by atoms with E-state index in [1.807, 2.05) is 84.9 Å². The summed E-state index contributed by atoms with van der Waals surface area (Å²) in [4.78, 5) is 25.2. The molecule has 0 aromatic heterocycles. The summed E-state index contributed by atoms with van der Waals surface area (Å²) >= 11 is 0. The molecule has 3 aromatic rings. The number of anilines is 2. The second kappa shape index (κ2) is 10.8. The number of ether oxygens (including phenoxy) is 1. The maximum Gasteiger partial charge on any atom is 0.418 e. The zero-order valence-corrected chi connectivity index (χ0v) is 16.7. The number of rotatable bonds is 9. The minimum atomic E-state index is -0.833. The maximum atomic E-state index is 12.8. The molecule has 3 rings (SSSR count). The van der Waals surface area contributed by atoms with Gasteiger partial charge in [-0.1, -0.05) is 60.7 Å². The molecule has 0 bridgehead atoms. The summed E-state index contributed by atoms with van der Waals surface area (Å²) in [5.41, 5.74) is 3.40. The van der Waals surface area contributed by atoms with Crippen LogP contribution in [0.4, 0.5) is 16.2 Å². The van der Waals surface area contributed by atoms with Gasteiger partial charge in [0, 0.05) is 0 Å². The summed E-state index contributed by atoms with van der Waals surface area (Å²) in [7, 11) is 0. The summed E-state index contributed by atoms with van der Waals surface area (Å²) in [6.07, 6.45) is 2.01. The second-order valence-corrected chi connectivity index (χ2v) is 6.97. The van der Waals surface area contributed by atoms with E-state index in [9.17, 15) is 9.59 Å². The van der Waals surface area contributed by atoms with Crippen LogP contribution in [-0.2, 0) is 22.4 Å². The minimum Gasteiger partial charge on any atom is -0.481 e. The number of aliphatic carboxylic acids is 1. The van der Waals surface area contributed by atoms with E-state index in [1.54, 1.807) is 4.90 Å². The van der Waals surface area contributed by atoms with Crippen molar-refractivity contribution >= 4 is 23.4 Å². The number of carbonyl (C=O) groups is 2. The topological polar surface area (TPSA) is 66.8 Å². The molecule has 30 heavy (non-hydrogen) atoms. The lowest BCUT2D eigenvalue weighted by Crippen LogP contribution is -2.27. The molecule has 1 amide bonds. The Morgan fingerprint density at radius 1 is 0.767 bits per heavy atom. The molecule has 1 N–H and O–H groups in total. The Morgan fingerprint density at radius 3 is 1.97 bits per heavy atom. The fraction of sp³-hybridized carbons (Fsp3) is 0.200. The van der Waals surface area contributed by atoms with Crippen LogP contribution in [0.5, 0.6) is 0 Å². The van der Waals surface area contributed by atoms with E-state index in [0.29, 0.717) is 6.61 Å². The van der Waals surface area contributed by atoms with Crippen molar-refractivity contribution in [2.45, 2.75) is 25.7 Å². The fourth-order valence-corrected chi connectivity index (χ4v) is 3.24. The zero-order valence-electron chi connectivity index (χ0n) is 16.7. The number of hydrogen-bond donors (Lipinski definition) is 1. The Morgan fingerprint density at radius 2 is 1.37 bits per heavy atom. The quantitative estimate of drug-likeness (QED) is 0.472. The van der Waals surface area contributed by atoms with Crippen molar-refractivity contribution in [2.75, 3.05) is 11.5 Å². The molecule has 5 nitrogen and oxygen atoms in total. The molecule has 3 aromatic carbocycles. The monoisotopic (exact) mass is 403 g/mol. The van der Waals surface area contributed by atoms with E-state index in [1.165, 1.54) is 0 Å². The highest BCUT2D eigenvalue weighted by molar-refractivity contribution is 5.95. The van der Waals surface area contributed by atoms with Gasteiger partial charge in [0.25, 0.3) is 0 Å². The molecule has 0 spiro atoms. The number of carboxylic acids is 1. The molecule has 0 unspecified atom stereocenters. The standard InChI is InChI=1S/C25H25NO4/c27-24(28)19-21-12-9-11-20(18-21)10-7-8-17-30-25(29)26(22-13-3-1-4-14-22)23-15-5-2-6-16-23/h1-6,9,11-16,18H,7-8,10,17,19H2,(H,27,28). The van der Waals surface area contributed by atoms with Gasteiger partial charge in [0.1, 0.15) is 0 Å². The van der Waals surface area contributed by atoms with Crippen LogP contribution in [0.2, 0.25) is 0 Å². The molecule has 0 radical (unpaired) electrons. The van der Waals surface area contributed by atoms with Crippen LogP contribution in [0.25, 0.3) is 0 Å². The van der Waals surface area contributed by atoms with Gasteiger partial charge in [-0.15, -0.1) is 0 Å². The number of unbranched alkanes of at least 4 members (excludes halogenated alkanes) is 1. The summed E-state index contributed by atoms with van der Waals surface area (Å²) in [5.74, 6) is -0.833. The average molecular weight is 403 g/mol. The lowest BCUT2D eigenvalue weighted by atomic mass is 10.0. The highest BCUT2D eigenvalue weighted by atomic mass is 16.6. The van der Waals surface area contributed by atoms with E-state index in [4.69, 9.17) is 9.84 Å². The van der Waals surface area contributed by atoms with Crippen LogP contribution in [0.15, 0.2) is 84.9 Å². The number of nitrogens with zero attached hydrogens (tertiary/aromatic N) is 1. The van der Waals surface area contributed by atoms with Crippen LogP contribution < -0.4 is 4.90 Å². The van der Waals surface area contributed by atoms with Gasteiger partial charge in [-0.3, -0.25) is 4.79 Å². The van der Waals surface area contributed by atoms with E-state index in [-0.39, 0.29) is 6.42 Å². The first-order chi connectivity index (χ1) is 14.6. The van der Waals surface area contributed by atoms with E-state index in [0.717, 1.165) is 41.8 Å².